The van der Waals surface area contributed by atoms with E-state index in [0.717, 1.165) is 12.1 Å². The molecule has 0 fully saturated rings. The predicted molar refractivity (Wildman–Crippen MR) is 127 cm³/mol. The van der Waals surface area contributed by atoms with Crippen LogP contribution in [0.25, 0.3) is 12.2 Å². The molecule has 0 saturated heterocycles. The van der Waals surface area contributed by atoms with Crippen molar-refractivity contribution in [1.29, 1.82) is 0 Å². The van der Waals surface area contributed by atoms with E-state index < -0.39 is 36.2 Å². The monoisotopic (exact) mass is 552 g/mol. The van der Waals surface area contributed by atoms with Crippen molar-refractivity contribution in [1.82, 2.24) is 29.5 Å². The number of methoxy groups -OCH3 is 1. The average molecular weight is 552 g/mol. The van der Waals surface area contributed by atoms with Crippen LogP contribution in [0.15, 0.2) is 61.4 Å². The van der Waals surface area contributed by atoms with Gasteiger partial charge in [-0.3, -0.25) is 0 Å². The van der Waals surface area contributed by atoms with Gasteiger partial charge in [-0.2, -0.15) is 19.0 Å². The molecular formula is C25H22F6N6O2. The molecule has 1 atom stereocenters. The molecule has 2 aromatic heterocycles. The van der Waals surface area contributed by atoms with Crippen LogP contribution in [0.2, 0.25) is 0 Å². The molecule has 39 heavy (non-hydrogen) atoms. The van der Waals surface area contributed by atoms with Gasteiger partial charge in [-0.25, -0.2) is 36.9 Å². The molecule has 0 aliphatic rings. The number of halogens is 6. The van der Waals surface area contributed by atoms with Crippen molar-refractivity contribution in [2.45, 2.75) is 31.0 Å². The van der Waals surface area contributed by atoms with E-state index in [2.05, 4.69) is 20.2 Å². The van der Waals surface area contributed by atoms with E-state index in [-0.39, 0.29) is 30.2 Å². The Morgan fingerprint density at radius 1 is 0.974 bits per heavy atom. The topological polar surface area (TPSA) is 79.9 Å². The van der Waals surface area contributed by atoms with Crippen LogP contribution < -0.4 is 4.74 Å². The number of rotatable bonds is 12. The number of ether oxygens (including phenoxy) is 2. The Bertz CT molecular complexity index is 1390. The summed E-state index contributed by atoms with van der Waals surface area (Å²) in [5.74, 6) is -5.49. The summed E-state index contributed by atoms with van der Waals surface area (Å²) in [6.07, 6.45) is 3.55. The molecule has 4 aromatic rings. The maximum absolute atomic E-state index is 14.8. The summed E-state index contributed by atoms with van der Waals surface area (Å²) in [4.78, 5) is 8.11. The number of aromatic nitrogens is 6. The van der Waals surface area contributed by atoms with Crippen LogP contribution >= 0.6 is 0 Å². The van der Waals surface area contributed by atoms with Crippen LogP contribution in [0.5, 0.6) is 5.75 Å². The van der Waals surface area contributed by atoms with E-state index in [9.17, 15) is 26.3 Å². The molecule has 4 rings (SSSR count). The third kappa shape index (κ3) is 6.82. The molecule has 0 aliphatic heterocycles. The summed E-state index contributed by atoms with van der Waals surface area (Å²) in [6, 6.07) is 8.99. The number of hydrogen-bond donors (Lipinski definition) is 0. The van der Waals surface area contributed by atoms with E-state index in [1.165, 1.54) is 65.8 Å². The van der Waals surface area contributed by atoms with E-state index in [1.54, 1.807) is 12.2 Å². The Hall–Kier alpha value is -4.20. The first kappa shape index (κ1) is 27.8. The van der Waals surface area contributed by atoms with Crippen molar-refractivity contribution in [3.63, 3.8) is 0 Å². The van der Waals surface area contributed by atoms with Crippen LogP contribution in [-0.2, 0) is 23.4 Å². The normalized spacial score (nSPS) is 13.7. The molecule has 206 valence electrons. The molecule has 8 nitrogen and oxygen atoms in total. The lowest BCUT2D eigenvalue weighted by molar-refractivity contribution is -0.148. The van der Waals surface area contributed by atoms with Gasteiger partial charge in [-0.15, -0.1) is 0 Å². The van der Waals surface area contributed by atoms with Crippen LogP contribution in [0, 0.1) is 11.6 Å². The van der Waals surface area contributed by atoms with Crippen molar-refractivity contribution in [3.8, 4) is 5.75 Å². The van der Waals surface area contributed by atoms with Gasteiger partial charge in [0.1, 0.15) is 42.0 Å². The Morgan fingerprint density at radius 2 is 1.72 bits per heavy atom. The van der Waals surface area contributed by atoms with Crippen molar-refractivity contribution >= 4 is 12.2 Å². The molecule has 0 N–H and O–H groups in total. The van der Waals surface area contributed by atoms with Gasteiger partial charge in [0.2, 0.25) is 0 Å². The number of alkyl halides is 4. The predicted octanol–water partition coefficient (Wildman–Crippen LogP) is 4.84. The smallest absolute Gasteiger partial charge is 0.340 e. The zero-order valence-electron chi connectivity index (χ0n) is 20.4. The van der Waals surface area contributed by atoms with Crippen LogP contribution in [-0.4, -0.2) is 55.6 Å². The molecule has 0 bridgehead atoms. The zero-order chi connectivity index (χ0) is 28.0. The SMILES string of the molecule is COC(Cn1cncn1)(Cn1cnc(/C=C/c2ccc(OCC(F)(F)C(F)F)cc2)n1)c1ccc(F)cc1F. The molecule has 14 heteroatoms. The van der Waals surface area contributed by atoms with Gasteiger partial charge < -0.3 is 9.47 Å². The Morgan fingerprint density at radius 3 is 2.36 bits per heavy atom. The highest BCUT2D eigenvalue weighted by atomic mass is 19.3. The van der Waals surface area contributed by atoms with Gasteiger partial charge in [0.05, 0.1) is 13.1 Å². The first-order chi connectivity index (χ1) is 18.6. The van der Waals surface area contributed by atoms with Crippen molar-refractivity contribution < 1.29 is 35.8 Å². The summed E-state index contributed by atoms with van der Waals surface area (Å²) in [6.45, 7) is -1.42. The fraction of sp³-hybridized carbons (Fsp3) is 0.280. The minimum Gasteiger partial charge on any atom is -0.487 e. The average Bonchev–Trinajstić information content (AvgIpc) is 3.58. The Kier molecular flexibility index (Phi) is 8.33. The highest BCUT2D eigenvalue weighted by molar-refractivity contribution is 5.66. The van der Waals surface area contributed by atoms with Crippen molar-refractivity contribution in [2.24, 2.45) is 0 Å². The molecular weight excluding hydrogens is 530 g/mol. The van der Waals surface area contributed by atoms with Crippen LogP contribution in [0.1, 0.15) is 17.0 Å². The largest absolute Gasteiger partial charge is 0.487 e. The standard InChI is InChI=1S/C25H22F6N6O2/c1-38-24(11-36-15-32-14-34-36,20-8-5-18(26)10-21(20)27)12-37-16-33-22(35-37)9-4-17-2-6-19(7-3-17)39-13-25(30,31)23(28)29/h2-10,14-16,23H,11-13H2,1H3/b9-4+. The van der Waals surface area contributed by atoms with Gasteiger partial charge in [0.25, 0.3) is 0 Å². The van der Waals surface area contributed by atoms with E-state index >= 15 is 0 Å². The van der Waals surface area contributed by atoms with E-state index in [1.807, 2.05) is 0 Å². The second-order valence-electron chi connectivity index (χ2n) is 8.47. The lowest BCUT2D eigenvalue weighted by Gasteiger charge is -2.32. The van der Waals surface area contributed by atoms with Gasteiger partial charge in [-0.05, 0) is 29.8 Å². The maximum atomic E-state index is 14.8. The second-order valence-corrected chi connectivity index (χ2v) is 8.47. The molecule has 2 heterocycles. The fourth-order valence-electron chi connectivity index (χ4n) is 3.71. The summed E-state index contributed by atoms with van der Waals surface area (Å²) in [5.41, 5.74) is -0.634. The third-order valence-corrected chi connectivity index (χ3v) is 5.72. The number of hydrogen-bond acceptors (Lipinski definition) is 6. The molecule has 0 aliphatic carbocycles. The summed E-state index contributed by atoms with van der Waals surface area (Å²) in [5, 5.41) is 8.43. The van der Waals surface area contributed by atoms with Gasteiger partial charge >= 0.3 is 12.3 Å². The zero-order valence-corrected chi connectivity index (χ0v) is 20.4. The quantitative estimate of drug-likeness (QED) is 0.234. The minimum atomic E-state index is -4.25. The maximum Gasteiger partial charge on any atom is 0.340 e. The van der Waals surface area contributed by atoms with Gasteiger partial charge in [0, 0.05) is 18.7 Å². The fourth-order valence-corrected chi connectivity index (χ4v) is 3.71. The lowest BCUT2D eigenvalue weighted by Crippen LogP contribution is -2.39. The highest BCUT2D eigenvalue weighted by Crippen LogP contribution is 2.32. The van der Waals surface area contributed by atoms with Crippen LogP contribution in [0.4, 0.5) is 26.3 Å². The van der Waals surface area contributed by atoms with Gasteiger partial charge in [0.15, 0.2) is 12.4 Å². The Balaban J connectivity index is 1.49. The summed E-state index contributed by atoms with van der Waals surface area (Å²) in [7, 11) is 1.39. The third-order valence-electron chi connectivity index (χ3n) is 5.72. The second kappa shape index (κ2) is 11.7. The molecule has 2 aromatic carbocycles. The molecule has 0 amide bonds. The minimum absolute atomic E-state index is 0.00573. The van der Waals surface area contributed by atoms with Crippen LogP contribution in [0.3, 0.4) is 0 Å². The van der Waals surface area contributed by atoms with Gasteiger partial charge in [-0.1, -0.05) is 24.3 Å². The molecule has 0 spiro atoms. The first-order valence-corrected chi connectivity index (χ1v) is 11.4. The lowest BCUT2D eigenvalue weighted by atomic mass is 9.92. The molecule has 0 saturated carbocycles. The van der Waals surface area contributed by atoms with E-state index in [0.29, 0.717) is 5.56 Å². The highest BCUT2D eigenvalue weighted by Gasteiger charge is 2.41. The molecule has 1 unspecified atom stereocenters. The van der Waals surface area contributed by atoms with Crippen molar-refractivity contribution in [3.05, 3.63) is 90.0 Å². The van der Waals surface area contributed by atoms with Crippen molar-refractivity contribution in [2.75, 3.05) is 13.7 Å². The number of nitrogens with zero attached hydrogens (tertiary/aromatic N) is 6. The summed E-state index contributed by atoms with van der Waals surface area (Å²) >= 11 is 0. The number of benzene rings is 2. The first-order valence-electron chi connectivity index (χ1n) is 11.4. The van der Waals surface area contributed by atoms with E-state index in [4.69, 9.17) is 9.47 Å². The Labute approximate surface area is 218 Å². The summed E-state index contributed by atoms with van der Waals surface area (Å²) < 4.78 is 92.4. The molecule has 0 radical (unpaired) electrons.